The van der Waals surface area contributed by atoms with Crippen LogP contribution in [0.2, 0.25) is 0 Å². The summed E-state index contributed by atoms with van der Waals surface area (Å²) in [5.74, 6) is -0.325. The fourth-order valence-electron chi connectivity index (χ4n) is 4.19. The lowest BCUT2D eigenvalue weighted by molar-refractivity contribution is -0.143. The molecule has 2 bridgehead atoms. The van der Waals surface area contributed by atoms with Crippen LogP contribution >= 0.6 is 0 Å². The van der Waals surface area contributed by atoms with Crippen molar-refractivity contribution in [3.8, 4) is 0 Å². The number of aromatic amines is 1. The summed E-state index contributed by atoms with van der Waals surface area (Å²) < 4.78 is 11.2. The lowest BCUT2D eigenvalue weighted by atomic mass is 9.76. The van der Waals surface area contributed by atoms with E-state index in [0.717, 1.165) is 0 Å². The van der Waals surface area contributed by atoms with E-state index in [4.69, 9.17) is 9.47 Å². The summed E-state index contributed by atoms with van der Waals surface area (Å²) in [6, 6.07) is 0. The number of hydrogen-bond donors (Lipinski definition) is 1. The highest BCUT2D eigenvalue weighted by molar-refractivity contribution is 5.92. The van der Waals surface area contributed by atoms with E-state index in [0.29, 0.717) is 32.1 Å². The van der Waals surface area contributed by atoms with Gasteiger partial charge in [-0.3, -0.25) is 9.59 Å². The van der Waals surface area contributed by atoms with Crippen LogP contribution in [0, 0.1) is 11.8 Å². The van der Waals surface area contributed by atoms with E-state index in [1.165, 1.54) is 0 Å². The van der Waals surface area contributed by atoms with E-state index in [2.05, 4.69) is 9.97 Å². The quantitative estimate of drug-likeness (QED) is 0.721. The molecule has 3 aliphatic heterocycles. The molecule has 8 heteroatoms. The highest BCUT2D eigenvalue weighted by Gasteiger charge is 2.66. The number of nitrogens with one attached hydrogen (secondary N) is 1. The van der Waals surface area contributed by atoms with Gasteiger partial charge in [0.05, 0.1) is 37.6 Å². The Hall–Kier alpha value is -2.19. The predicted octanol–water partition coefficient (Wildman–Crippen LogP) is -0.203. The molecule has 1 N–H and O–H groups in total. The topological polar surface area (TPSA) is 87.8 Å². The fourth-order valence-corrected chi connectivity index (χ4v) is 4.19. The van der Waals surface area contributed by atoms with Crippen molar-refractivity contribution in [1.29, 1.82) is 0 Å². The number of fused-ring (bicyclic) bond motifs is 1. The molecule has 8 nitrogen and oxygen atoms in total. The van der Waals surface area contributed by atoms with Gasteiger partial charge in [-0.15, -0.1) is 0 Å². The summed E-state index contributed by atoms with van der Waals surface area (Å²) in [4.78, 5) is 36.4. The van der Waals surface area contributed by atoms with Crippen molar-refractivity contribution < 1.29 is 19.1 Å². The van der Waals surface area contributed by atoms with E-state index < -0.39 is 17.4 Å². The number of aromatic nitrogens is 2. The number of methoxy groups -OCH3 is 1. The van der Waals surface area contributed by atoms with Crippen LogP contribution in [0.4, 0.5) is 0 Å². The van der Waals surface area contributed by atoms with Gasteiger partial charge in [0.2, 0.25) is 11.8 Å². The number of rotatable bonds is 6. The average molecular weight is 346 g/mol. The molecule has 4 atom stereocenters. The monoisotopic (exact) mass is 346 g/mol. The van der Waals surface area contributed by atoms with E-state index in [-0.39, 0.29) is 17.9 Å². The van der Waals surface area contributed by atoms with Gasteiger partial charge in [-0.25, -0.2) is 4.98 Å². The third kappa shape index (κ3) is 2.47. The summed E-state index contributed by atoms with van der Waals surface area (Å²) in [5.41, 5.74) is -0.665. The van der Waals surface area contributed by atoms with Crippen LogP contribution in [0.25, 0.3) is 0 Å². The number of carbonyl (C=O) groups excluding carboxylic acids is 2. The van der Waals surface area contributed by atoms with Crippen LogP contribution in [-0.4, -0.2) is 77.1 Å². The predicted molar refractivity (Wildman–Crippen MR) is 87.2 cm³/mol. The molecular formula is C17H22N4O4. The Kier molecular flexibility index (Phi) is 3.88. The van der Waals surface area contributed by atoms with Gasteiger partial charge in [0, 0.05) is 33.1 Å². The van der Waals surface area contributed by atoms with E-state index in [9.17, 15) is 9.59 Å². The number of imidazole rings is 1. The average Bonchev–Trinajstić information content (AvgIpc) is 3.35. The Balaban J connectivity index is 1.53. The van der Waals surface area contributed by atoms with Gasteiger partial charge < -0.3 is 24.3 Å². The van der Waals surface area contributed by atoms with Crippen LogP contribution in [0.5, 0.6) is 0 Å². The van der Waals surface area contributed by atoms with Crippen molar-refractivity contribution in [3.63, 3.8) is 0 Å². The minimum absolute atomic E-state index is 0.0198. The lowest BCUT2D eigenvalue weighted by Crippen LogP contribution is -2.44. The molecule has 0 aromatic carbocycles. The normalized spacial score (nSPS) is 32.5. The highest BCUT2D eigenvalue weighted by atomic mass is 16.5. The van der Waals surface area contributed by atoms with Crippen LogP contribution < -0.4 is 0 Å². The molecule has 1 aromatic heterocycles. The maximum absolute atomic E-state index is 13.0. The Morgan fingerprint density at radius 3 is 3.16 bits per heavy atom. The standard InChI is InChI=1S/C17H22N4O4/c1-20(9-12-18-5-6-19-12)15(22)13-11-3-4-17(25-11)10-21(7-8-24-2)16(23)14(13)17/h3-6,11,13-14H,7-10H2,1-2H3,(H,18,19)/t11-,13?,14?,17-/m0/s1. The van der Waals surface area contributed by atoms with Crippen molar-refractivity contribution in [1.82, 2.24) is 19.8 Å². The second kappa shape index (κ2) is 5.96. The molecule has 25 heavy (non-hydrogen) atoms. The van der Waals surface area contributed by atoms with Crippen molar-refractivity contribution in [3.05, 3.63) is 30.4 Å². The second-order valence-corrected chi connectivity index (χ2v) is 6.88. The number of nitrogens with zero attached hydrogens (tertiary/aromatic N) is 3. The van der Waals surface area contributed by atoms with Crippen molar-refractivity contribution in [2.24, 2.45) is 11.8 Å². The molecule has 2 unspecified atom stereocenters. The smallest absolute Gasteiger partial charge is 0.230 e. The van der Waals surface area contributed by atoms with Gasteiger partial charge in [0.15, 0.2) is 0 Å². The molecule has 2 saturated heterocycles. The van der Waals surface area contributed by atoms with Gasteiger partial charge in [-0.2, -0.15) is 0 Å². The molecule has 0 radical (unpaired) electrons. The molecule has 1 spiro atoms. The van der Waals surface area contributed by atoms with Crippen LogP contribution in [-0.2, 0) is 25.6 Å². The summed E-state index contributed by atoms with van der Waals surface area (Å²) in [6.45, 7) is 1.84. The molecule has 134 valence electrons. The van der Waals surface area contributed by atoms with Gasteiger partial charge in [0.25, 0.3) is 0 Å². The van der Waals surface area contributed by atoms with E-state index >= 15 is 0 Å². The number of hydrogen-bond acceptors (Lipinski definition) is 5. The molecule has 2 fully saturated rings. The molecular weight excluding hydrogens is 324 g/mol. The second-order valence-electron chi connectivity index (χ2n) is 6.88. The minimum Gasteiger partial charge on any atom is -0.383 e. The maximum Gasteiger partial charge on any atom is 0.230 e. The molecule has 1 aromatic rings. The molecule has 2 amide bonds. The third-order valence-electron chi connectivity index (χ3n) is 5.35. The van der Waals surface area contributed by atoms with Gasteiger partial charge >= 0.3 is 0 Å². The number of likely N-dealkylation sites (tertiary alicyclic amines) is 1. The number of ether oxygens (including phenoxy) is 2. The van der Waals surface area contributed by atoms with Crippen molar-refractivity contribution in [2.75, 3.05) is 33.9 Å². The van der Waals surface area contributed by atoms with E-state index in [1.54, 1.807) is 36.4 Å². The first-order valence-electron chi connectivity index (χ1n) is 8.44. The summed E-state index contributed by atoms with van der Waals surface area (Å²) in [6.07, 6.45) is 6.93. The van der Waals surface area contributed by atoms with Crippen molar-refractivity contribution in [2.45, 2.75) is 18.2 Å². The fraction of sp³-hybridized carbons (Fsp3) is 0.588. The van der Waals surface area contributed by atoms with Gasteiger partial charge in [-0.05, 0) is 0 Å². The minimum atomic E-state index is -0.665. The SMILES string of the molecule is COCCN1C[C@]23C=C[C@H](O2)C(C(=O)N(C)Cc2ncc[nH]2)C3C1=O. The highest BCUT2D eigenvalue weighted by Crippen LogP contribution is 2.52. The zero-order valence-electron chi connectivity index (χ0n) is 14.3. The van der Waals surface area contributed by atoms with Gasteiger partial charge in [-0.1, -0.05) is 12.2 Å². The molecule has 0 aliphatic carbocycles. The number of amides is 2. The summed E-state index contributed by atoms with van der Waals surface area (Å²) >= 11 is 0. The van der Waals surface area contributed by atoms with Crippen molar-refractivity contribution >= 4 is 11.8 Å². The third-order valence-corrected chi connectivity index (χ3v) is 5.35. The Morgan fingerprint density at radius 2 is 2.44 bits per heavy atom. The Labute approximate surface area is 145 Å². The first kappa shape index (κ1) is 16.3. The molecule has 0 saturated carbocycles. The molecule has 4 heterocycles. The maximum atomic E-state index is 13.0. The molecule has 4 rings (SSSR count). The van der Waals surface area contributed by atoms with Gasteiger partial charge in [0.1, 0.15) is 11.4 Å². The molecule has 3 aliphatic rings. The Morgan fingerprint density at radius 1 is 1.60 bits per heavy atom. The van der Waals surface area contributed by atoms with Crippen LogP contribution in [0.1, 0.15) is 5.82 Å². The number of carbonyl (C=O) groups is 2. The first-order valence-corrected chi connectivity index (χ1v) is 8.44. The Bertz CT molecular complexity index is 704. The summed E-state index contributed by atoms with van der Waals surface area (Å²) in [5, 5.41) is 0. The van der Waals surface area contributed by atoms with E-state index in [1.807, 2.05) is 12.2 Å². The first-order chi connectivity index (χ1) is 12.1. The number of H-pyrrole nitrogens is 1. The summed E-state index contributed by atoms with van der Waals surface area (Å²) in [7, 11) is 3.34. The lowest BCUT2D eigenvalue weighted by Gasteiger charge is -2.27. The zero-order valence-corrected chi connectivity index (χ0v) is 14.3. The van der Waals surface area contributed by atoms with Crippen LogP contribution in [0.3, 0.4) is 0 Å². The zero-order chi connectivity index (χ0) is 17.6. The largest absolute Gasteiger partial charge is 0.383 e. The van der Waals surface area contributed by atoms with Crippen LogP contribution in [0.15, 0.2) is 24.5 Å².